The highest BCUT2D eigenvalue weighted by Crippen LogP contribution is 2.40. The summed E-state index contributed by atoms with van der Waals surface area (Å²) in [4.78, 5) is 9.28. The minimum Gasteiger partial charge on any atom is -0.450 e. The van der Waals surface area contributed by atoms with E-state index < -0.39 is 234 Å². The van der Waals surface area contributed by atoms with Crippen molar-refractivity contribution in [2.75, 3.05) is 0 Å². The van der Waals surface area contributed by atoms with Gasteiger partial charge < -0.3 is 8.98 Å². The average molecular weight is 601 g/mol. The molecule has 5 heteroatoms. The molecule has 0 fully saturated rings. The normalized spacial score (nSPS) is 19.5. The Bertz CT molecular complexity index is 3980. The lowest BCUT2D eigenvalue weighted by atomic mass is 10.1. The molecule has 0 bridgehead atoms. The topological polar surface area (TPSA) is 48.8 Å². The molecule has 0 saturated carbocycles. The molecule has 10 aromatic rings. The zero-order valence-electron chi connectivity index (χ0n) is 46.2. The quantitative estimate of drug-likeness (QED) is 0.203. The lowest BCUT2D eigenvalue weighted by Crippen LogP contribution is -2.04. The number of fused-ring (bicyclic) bond motifs is 9. The molecule has 0 spiro atoms. The highest BCUT2D eigenvalue weighted by molar-refractivity contribution is 6.12. The van der Waals surface area contributed by atoms with E-state index in [0.717, 1.165) is 9.13 Å². The molecule has 0 amide bonds. The fourth-order valence-electron chi connectivity index (χ4n) is 5.52. The minimum atomic E-state index is -0.978. The predicted molar refractivity (Wildman–Crippen MR) is 183 cm³/mol. The Morgan fingerprint density at radius 3 is 1.53 bits per heavy atom. The lowest BCUT2D eigenvalue weighted by molar-refractivity contribution is 0.662. The number of nitrogens with zero attached hydrogens (tertiary/aromatic N) is 4. The molecular weight excluding hydrogens is 552 g/mol. The second-order valence-electron chi connectivity index (χ2n) is 9.64. The van der Waals surface area contributed by atoms with Crippen LogP contribution >= 0.6 is 0 Å². The van der Waals surface area contributed by atoms with Crippen molar-refractivity contribution in [1.82, 2.24) is 19.1 Å². The van der Waals surface area contributed by atoms with Crippen molar-refractivity contribution >= 4 is 65.7 Å². The molecule has 0 N–H and O–H groups in total. The largest absolute Gasteiger partial charge is 0.450 e. The van der Waals surface area contributed by atoms with Gasteiger partial charge in [-0.05, 0) is 48.3 Å². The molecule has 5 nitrogen and oxygen atoms in total. The number of furan rings is 1. The predicted octanol–water partition coefficient (Wildman–Crippen LogP) is 10.2. The van der Waals surface area contributed by atoms with Crippen LogP contribution < -0.4 is 0 Å². The number of aromatic nitrogens is 4. The van der Waals surface area contributed by atoms with Crippen molar-refractivity contribution < 1.29 is 37.3 Å². The van der Waals surface area contributed by atoms with Gasteiger partial charge in [-0.2, -0.15) is 0 Å². The van der Waals surface area contributed by atoms with E-state index >= 15 is 0 Å². The first-order chi connectivity index (χ1) is 32.3. The van der Waals surface area contributed by atoms with Gasteiger partial charge in [-0.3, -0.25) is 4.57 Å². The number of hydrogen-bond donors (Lipinski definition) is 0. The highest BCUT2D eigenvalue weighted by atomic mass is 16.3. The van der Waals surface area contributed by atoms with Crippen LogP contribution in [0.25, 0.3) is 88.6 Å². The third-order valence-corrected chi connectivity index (χ3v) is 7.33. The van der Waals surface area contributed by atoms with E-state index in [9.17, 15) is 2.74 Å². The Hall–Kier alpha value is -6.20. The van der Waals surface area contributed by atoms with Crippen LogP contribution in [-0.4, -0.2) is 19.1 Å². The third-order valence-electron chi connectivity index (χ3n) is 7.33. The van der Waals surface area contributed by atoms with Crippen LogP contribution in [-0.2, 0) is 0 Å². The summed E-state index contributed by atoms with van der Waals surface area (Å²) >= 11 is 0. The van der Waals surface area contributed by atoms with Crippen molar-refractivity contribution in [3.63, 3.8) is 0 Å². The van der Waals surface area contributed by atoms with Crippen molar-refractivity contribution in [2.45, 2.75) is 0 Å². The Morgan fingerprint density at radius 2 is 0.933 bits per heavy atom. The molecule has 0 unspecified atom stereocenters. The van der Waals surface area contributed by atoms with Crippen LogP contribution in [0.5, 0.6) is 0 Å². The van der Waals surface area contributed by atoms with Gasteiger partial charge in [-0.1, -0.05) is 96.7 Å². The smallest absolute Gasteiger partial charge is 0.197 e. The Balaban J connectivity index is 1.53. The van der Waals surface area contributed by atoms with Crippen LogP contribution in [0.15, 0.2) is 149 Å². The maximum Gasteiger partial charge on any atom is 0.197 e. The van der Waals surface area contributed by atoms with Crippen molar-refractivity contribution in [2.24, 2.45) is 0 Å². The number of benzene rings is 6. The monoisotopic (exact) mass is 600 g/mol. The molecule has 0 aliphatic rings. The van der Waals surface area contributed by atoms with E-state index in [2.05, 4.69) is 9.97 Å². The van der Waals surface area contributed by atoms with Gasteiger partial charge in [0.1, 0.15) is 11.1 Å². The van der Waals surface area contributed by atoms with E-state index in [1.807, 2.05) is 0 Å². The zero-order chi connectivity index (χ0) is 50.4. The maximum absolute atomic E-state index is 9.44. The molecule has 6 aromatic carbocycles. The van der Waals surface area contributed by atoms with E-state index in [0.29, 0.717) is 0 Å². The van der Waals surface area contributed by atoms with Gasteiger partial charge in [0.25, 0.3) is 0 Å². The Labute approximate surface area is 290 Å². The van der Waals surface area contributed by atoms with Gasteiger partial charge in [0.15, 0.2) is 17.2 Å². The first-order valence-corrected chi connectivity index (χ1v) is 13.1. The van der Waals surface area contributed by atoms with Gasteiger partial charge in [-0.25, -0.2) is 9.97 Å². The third kappa shape index (κ3) is 3.38. The van der Waals surface area contributed by atoms with E-state index in [-0.39, 0.29) is 0 Å². The van der Waals surface area contributed by atoms with Crippen LogP contribution in [0.2, 0.25) is 0 Å². The van der Waals surface area contributed by atoms with Gasteiger partial charge in [0.2, 0.25) is 0 Å². The number of para-hydroxylation sites is 6. The molecule has 0 atom stereocenters. The van der Waals surface area contributed by atoms with Crippen molar-refractivity contribution in [3.8, 4) is 22.9 Å². The van der Waals surface area contributed by atoms with Crippen molar-refractivity contribution in [1.29, 1.82) is 0 Å². The molecule has 0 saturated heterocycles. The van der Waals surface area contributed by atoms with E-state index in [1.165, 1.54) is 0 Å². The SMILES string of the molecule is [2H]c1c([2H])c([2H])c(-n2c3c([2H])c([2H])c([2H])c([2H])c3c3c([2H])c([2H])c([2H])c([2H])c32)c(-c2nc(-n3c4c([2H])c([2H])c([2H])c([2H])c4c4c([2H])c([2H])c([2H])c([2H])c43)c3oc4c([2H])c([2H])c([2H])c([2H])c4c3n2)c1[2H]. The lowest BCUT2D eigenvalue weighted by Gasteiger charge is -2.14. The Kier molecular flexibility index (Phi) is 2.19. The summed E-state index contributed by atoms with van der Waals surface area (Å²) in [6, 6.07) is -20.0. The first-order valence-electron chi connectivity index (χ1n) is 25.1. The summed E-state index contributed by atoms with van der Waals surface area (Å²) in [6.07, 6.45) is 0. The maximum atomic E-state index is 9.44. The van der Waals surface area contributed by atoms with Crippen LogP contribution in [0.3, 0.4) is 0 Å². The second-order valence-corrected chi connectivity index (χ2v) is 9.64. The molecule has 4 aromatic heterocycles. The fraction of sp³-hybridized carbons (Fsp3) is 0. The molecule has 4 heterocycles. The standard InChI is InChI=1S/C40H24N4O/c1-7-19-31-25(13-1)26-14-2-8-20-32(26)43(31)35-23-11-5-17-29(35)39-41-37-30-18-6-12-24-36(30)45-38(37)40(42-39)44-33-21-9-3-15-27(33)28-16-4-10-22-34(28)44/h1-24H/i1D,2D,3D,4D,5D,6D,7D,8D,9D,10D,11D,12D,13D,14D,15D,16D,17D,18D,19D,20D,21D,22D,23D,24D. The van der Waals surface area contributed by atoms with Gasteiger partial charge >= 0.3 is 0 Å². The summed E-state index contributed by atoms with van der Waals surface area (Å²) < 4.78 is 220. The number of hydrogen-bond acceptors (Lipinski definition) is 3. The molecule has 0 aliphatic heterocycles. The molecule has 210 valence electrons. The van der Waals surface area contributed by atoms with Crippen molar-refractivity contribution in [3.05, 3.63) is 145 Å². The van der Waals surface area contributed by atoms with E-state index in [1.54, 1.807) is 0 Å². The fourth-order valence-corrected chi connectivity index (χ4v) is 5.52. The second kappa shape index (κ2) is 9.15. The Morgan fingerprint density at radius 1 is 0.467 bits per heavy atom. The minimum absolute atomic E-state index is 0.437. The summed E-state index contributed by atoms with van der Waals surface area (Å²) in [7, 11) is 0. The number of rotatable bonds is 3. The molecule has 10 rings (SSSR count). The van der Waals surface area contributed by atoms with Crippen LogP contribution in [0.1, 0.15) is 32.9 Å². The van der Waals surface area contributed by atoms with E-state index in [4.69, 9.17) is 34.6 Å². The summed E-state index contributed by atoms with van der Waals surface area (Å²) in [6.45, 7) is 0. The summed E-state index contributed by atoms with van der Waals surface area (Å²) in [5.74, 6) is -1.51. The molecular formula is C40H24N4O. The summed E-state index contributed by atoms with van der Waals surface area (Å²) in [5.41, 5.74) is -5.40. The molecule has 45 heavy (non-hydrogen) atoms. The highest BCUT2D eigenvalue weighted by Gasteiger charge is 2.23. The van der Waals surface area contributed by atoms with Crippen LogP contribution in [0, 0.1) is 0 Å². The first kappa shape index (κ1) is 10.8. The van der Waals surface area contributed by atoms with Gasteiger partial charge in [0.05, 0.1) is 60.7 Å². The molecule has 0 aliphatic carbocycles. The summed E-state index contributed by atoms with van der Waals surface area (Å²) in [5, 5.41) is -2.26. The zero-order valence-corrected chi connectivity index (χ0v) is 22.2. The molecule has 0 radical (unpaired) electrons. The average Bonchev–Trinajstić information content (AvgIpc) is 4.01. The van der Waals surface area contributed by atoms with Gasteiger partial charge in [-0.15, -0.1) is 0 Å². The van der Waals surface area contributed by atoms with Gasteiger partial charge in [0, 0.05) is 32.5 Å². The van der Waals surface area contributed by atoms with Crippen LogP contribution in [0.4, 0.5) is 0 Å².